The topological polar surface area (TPSA) is 76.3 Å². The van der Waals surface area contributed by atoms with Gasteiger partial charge in [0.1, 0.15) is 16.5 Å². The summed E-state index contributed by atoms with van der Waals surface area (Å²) in [6, 6.07) is 12.5. The molecular weight excluding hydrogens is 439 g/mol. The number of nitrogens with zero attached hydrogens (tertiary/aromatic N) is 3. The van der Waals surface area contributed by atoms with E-state index in [0.717, 1.165) is 41.5 Å². The first-order valence-electron chi connectivity index (χ1n) is 10.7. The van der Waals surface area contributed by atoms with Crippen molar-refractivity contribution in [2.45, 2.75) is 32.6 Å². The Morgan fingerprint density at radius 2 is 1.85 bits per heavy atom. The number of carbonyl (C=O) groups is 1. The van der Waals surface area contributed by atoms with Crippen molar-refractivity contribution in [3.63, 3.8) is 0 Å². The first-order valence-corrected chi connectivity index (χ1v) is 11.6. The monoisotopic (exact) mass is 460 g/mol. The standard InChI is InChI=1S/C25H21FN4O2S/c1-15-28-24-22(20-4-2-3-5-21(20)33-24)25(32)30(15)19-12-8-17(9-13-19)23(31)29-27-14-16-6-10-18(26)11-7-16/h6-14H,2-5H2,1H3,(H,29,31)/b27-14-. The van der Waals surface area contributed by atoms with E-state index in [0.29, 0.717) is 22.6 Å². The number of hydrazone groups is 1. The number of amides is 1. The molecule has 1 aliphatic rings. The maximum Gasteiger partial charge on any atom is 0.271 e. The molecule has 0 aliphatic heterocycles. The Hall–Kier alpha value is -3.65. The molecule has 0 saturated heterocycles. The maximum absolute atomic E-state index is 13.4. The molecule has 0 fully saturated rings. The fourth-order valence-corrected chi connectivity index (χ4v) is 5.45. The van der Waals surface area contributed by atoms with Gasteiger partial charge in [0.25, 0.3) is 11.5 Å². The Labute approximate surface area is 193 Å². The summed E-state index contributed by atoms with van der Waals surface area (Å²) in [4.78, 5) is 32.6. The molecule has 0 radical (unpaired) electrons. The largest absolute Gasteiger partial charge is 0.271 e. The Morgan fingerprint density at radius 1 is 1.12 bits per heavy atom. The van der Waals surface area contributed by atoms with Gasteiger partial charge < -0.3 is 0 Å². The van der Waals surface area contributed by atoms with Gasteiger partial charge in [0.15, 0.2) is 0 Å². The molecule has 1 amide bonds. The van der Waals surface area contributed by atoms with Gasteiger partial charge in [-0.3, -0.25) is 14.2 Å². The van der Waals surface area contributed by atoms with Crippen LogP contribution in [0.25, 0.3) is 15.9 Å². The van der Waals surface area contributed by atoms with E-state index in [-0.39, 0.29) is 17.3 Å². The highest BCUT2D eigenvalue weighted by Gasteiger charge is 2.21. The van der Waals surface area contributed by atoms with Crippen LogP contribution in [0.15, 0.2) is 58.4 Å². The molecular formula is C25H21FN4O2S. The molecule has 0 saturated carbocycles. The summed E-state index contributed by atoms with van der Waals surface area (Å²) in [5.41, 5.74) is 5.29. The van der Waals surface area contributed by atoms with Gasteiger partial charge in [-0.2, -0.15) is 5.10 Å². The van der Waals surface area contributed by atoms with Crippen LogP contribution < -0.4 is 11.0 Å². The lowest BCUT2D eigenvalue weighted by atomic mass is 9.97. The third-order valence-electron chi connectivity index (χ3n) is 5.79. The lowest BCUT2D eigenvalue weighted by Gasteiger charge is -2.12. The van der Waals surface area contributed by atoms with Crippen molar-refractivity contribution in [1.29, 1.82) is 0 Å². The summed E-state index contributed by atoms with van der Waals surface area (Å²) in [5.74, 6) is -0.101. The summed E-state index contributed by atoms with van der Waals surface area (Å²) < 4.78 is 14.6. The minimum absolute atomic E-state index is 0.0574. The van der Waals surface area contributed by atoms with Crippen molar-refractivity contribution >= 4 is 33.7 Å². The average molecular weight is 461 g/mol. The van der Waals surface area contributed by atoms with Gasteiger partial charge in [0.05, 0.1) is 17.3 Å². The third-order valence-corrected chi connectivity index (χ3v) is 6.98. The number of aromatic nitrogens is 2. The van der Waals surface area contributed by atoms with Gasteiger partial charge in [0, 0.05) is 10.4 Å². The first-order chi connectivity index (χ1) is 16.0. The minimum Gasteiger partial charge on any atom is -0.268 e. The predicted molar refractivity (Wildman–Crippen MR) is 128 cm³/mol. The van der Waals surface area contributed by atoms with Crippen LogP contribution in [0, 0.1) is 12.7 Å². The van der Waals surface area contributed by atoms with E-state index in [1.165, 1.54) is 23.2 Å². The third kappa shape index (κ3) is 4.09. The summed E-state index contributed by atoms with van der Waals surface area (Å²) in [5, 5.41) is 4.65. The van der Waals surface area contributed by atoms with Crippen LogP contribution in [-0.2, 0) is 12.8 Å². The quantitative estimate of drug-likeness (QED) is 0.359. The van der Waals surface area contributed by atoms with Crippen LogP contribution in [0.2, 0.25) is 0 Å². The number of rotatable bonds is 4. The lowest BCUT2D eigenvalue weighted by Crippen LogP contribution is -2.23. The molecule has 8 heteroatoms. The highest BCUT2D eigenvalue weighted by atomic mass is 32.1. The molecule has 4 aromatic rings. The minimum atomic E-state index is -0.385. The van der Waals surface area contributed by atoms with Gasteiger partial charge >= 0.3 is 0 Å². The van der Waals surface area contributed by atoms with E-state index < -0.39 is 0 Å². The van der Waals surface area contributed by atoms with Gasteiger partial charge in [-0.1, -0.05) is 12.1 Å². The lowest BCUT2D eigenvalue weighted by molar-refractivity contribution is 0.0955. The molecule has 5 rings (SSSR count). The van der Waals surface area contributed by atoms with E-state index in [4.69, 9.17) is 4.98 Å². The summed E-state index contributed by atoms with van der Waals surface area (Å²) in [7, 11) is 0. The second-order valence-electron chi connectivity index (χ2n) is 7.99. The van der Waals surface area contributed by atoms with Crippen LogP contribution in [0.4, 0.5) is 4.39 Å². The smallest absolute Gasteiger partial charge is 0.268 e. The fourth-order valence-electron chi connectivity index (χ4n) is 4.15. The number of hydrogen-bond donors (Lipinski definition) is 1. The first kappa shape index (κ1) is 21.2. The molecule has 2 heterocycles. The number of nitrogens with one attached hydrogen (secondary N) is 1. The molecule has 0 bridgehead atoms. The molecule has 1 aliphatic carbocycles. The van der Waals surface area contributed by atoms with Crippen molar-refractivity contribution in [2.75, 3.05) is 0 Å². The van der Waals surface area contributed by atoms with Crippen LogP contribution in [0.3, 0.4) is 0 Å². The fraction of sp³-hybridized carbons (Fsp3) is 0.200. The predicted octanol–water partition coefficient (Wildman–Crippen LogP) is 4.54. The van der Waals surface area contributed by atoms with Crippen LogP contribution in [0.1, 0.15) is 45.0 Å². The summed E-state index contributed by atoms with van der Waals surface area (Å²) in [6.07, 6.45) is 5.64. The van der Waals surface area contributed by atoms with E-state index in [1.54, 1.807) is 52.3 Å². The molecule has 0 unspecified atom stereocenters. The Morgan fingerprint density at radius 3 is 2.61 bits per heavy atom. The number of benzene rings is 2. The van der Waals surface area contributed by atoms with Crippen molar-refractivity contribution < 1.29 is 9.18 Å². The Balaban J connectivity index is 1.39. The van der Waals surface area contributed by atoms with Crippen molar-refractivity contribution in [2.24, 2.45) is 5.10 Å². The highest BCUT2D eigenvalue weighted by molar-refractivity contribution is 7.18. The van der Waals surface area contributed by atoms with E-state index in [2.05, 4.69) is 10.5 Å². The normalized spacial score (nSPS) is 13.4. The zero-order valence-electron chi connectivity index (χ0n) is 18.0. The second kappa shape index (κ2) is 8.71. The van der Waals surface area contributed by atoms with E-state index in [9.17, 15) is 14.0 Å². The van der Waals surface area contributed by atoms with Gasteiger partial charge in [-0.05, 0) is 80.1 Å². The zero-order chi connectivity index (χ0) is 22.9. The van der Waals surface area contributed by atoms with E-state index in [1.807, 2.05) is 6.92 Å². The molecule has 166 valence electrons. The van der Waals surface area contributed by atoms with Gasteiger partial charge in [0.2, 0.25) is 0 Å². The number of fused-ring (bicyclic) bond motifs is 3. The van der Waals surface area contributed by atoms with E-state index >= 15 is 0 Å². The zero-order valence-corrected chi connectivity index (χ0v) is 18.8. The average Bonchev–Trinajstić information content (AvgIpc) is 3.19. The molecule has 1 N–H and O–H groups in total. The second-order valence-corrected chi connectivity index (χ2v) is 9.07. The Kier molecular flexibility index (Phi) is 5.60. The van der Waals surface area contributed by atoms with Crippen LogP contribution in [0.5, 0.6) is 0 Å². The SMILES string of the molecule is Cc1nc2sc3c(c2c(=O)n1-c1ccc(C(=O)N/N=C\c2ccc(F)cc2)cc1)CCCC3. The molecule has 2 aromatic carbocycles. The maximum atomic E-state index is 13.4. The Bertz CT molecular complexity index is 1440. The number of aryl methyl sites for hydroxylation is 3. The number of halogens is 1. The highest BCUT2D eigenvalue weighted by Crippen LogP contribution is 2.34. The molecule has 0 spiro atoms. The molecule has 6 nitrogen and oxygen atoms in total. The molecule has 0 atom stereocenters. The van der Waals surface area contributed by atoms with Gasteiger partial charge in [-0.15, -0.1) is 11.3 Å². The van der Waals surface area contributed by atoms with Gasteiger partial charge in [-0.25, -0.2) is 14.8 Å². The molecule has 33 heavy (non-hydrogen) atoms. The van der Waals surface area contributed by atoms with Crippen molar-refractivity contribution in [1.82, 2.24) is 15.0 Å². The molecule has 2 aromatic heterocycles. The van der Waals surface area contributed by atoms with Crippen molar-refractivity contribution in [3.05, 3.63) is 92.1 Å². The van der Waals surface area contributed by atoms with Crippen LogP contribution in [-0.4, -0.2) is 21.7 Å². The summed E-state index contributed by atoms with van der Waals surface area (Å²) >= 11 is 1.64. The number of carbonyl (C=O) groups excluding carboxylic acids is 1. The van der Waals surface area contributed by atoms with Crippen LogP contribution >= 0.6 is 11.3 Å². The number of hydrogen-bond acceptors (Lipinski definition) is 5. The number of thiophene rings is 1. The van der Waals surface area contributed by atoms with Crippen molar-refractivity contribution in [3.8, 4) is 5.69 Å². The summed E-state index contributed by atoms with van der Waals surface area (Å²) in [6.45, 7) is 1.82.